The van der Waals surface area contributed by atoms with E-state index in [0.717, 1.165) is 74.0 Å². The predicted molar refractivity (Wildman–Crippen MR) is 111 cm³/mol. The Morgan fingerprint density at radius 2 is 2.07 bits per heavy atom. The van der Waals surface area contributed by atoms with Gasteiger partial charge in [-0.05, 0) is 38.7 Å². The van der Waals surface area contributed by atoms with Gasteiger partial charge in [0.05, 0.1) is 17.5 Å². The van der Waals surface area contributed by atoms with Crippen LogP contribution in [0.1, 0.15) is 57.0 Å². The van der Waals surface area contributed by atoms with Crippen molar-refractivity contribution in [3.8, 4) is 0 Å². The Labute approximate surface area is 167 Å². The normalized spacial score (nSPS) is 16.0. The highest BCUT2D eigenvalue weighted by atomic mass is 16.5. The quantitative estimate of drug-likeness (QED) is 0.645. The monoisotopic (exact) mass is 387 g/mol. The molecule has 0 aliphatic heterocycles. The Balaban J connectivity index is 1.63. The second-order valence-electron chi connectivity index (χ2n) is 7.88. The van der Waals surface area contributed by atoms with Crippen LogP contribution in [-0.4, -0.2) is 40.7 Å². The van der Waals surface area contributed by atoms with Crippen LogP contribution in [0.4, 0.5) is 5.82 Å². The van der Waals surface area contributed by atoms with Gasteiger partial charge in [-0.1, -0.05) is 19.8 Å². The molecule has 1 saturated carbocycles. The molecular weight excluding hydrogens is 354 g/mol. The summed E-state index contributed by atoms with van der Waals surface area (Å²) < 4.78 is 8.16. The summed E-state index contributed by atoms with van der Waals surface area (Å²) in [6, 6.07) is 2.04. The van der Waals surface area contributed by atoms with Crippen LogP contribution in [0, 0.1) is 12.3 Å². The van der Waals surface area contributed by atoms with E-state index in [-0.39, 0.29) is 11.3 Å². The maximum Gasteiger partial charge on any atom is 0.226 e. The Morgan fingerprint density at radius 3 is 2.75 bits per heavy atom. The van der Waals surface area contributed by atoms with Crippen LogP contribution < -0.4 is 11.1 Å². The van der Waals surface area contributed by atoms with Gasteiger partial charge in [0.2, 0.25) is 5.91 Å². The fourth-order valence-corrected chi connectivity index (χ4v) is 4.42. The highest BCUT2D eigenvalue weighted by Gasteiger charge is 2.39. The van der Waals surface area contributed by atoms with Crippen molar-refractivity contribution >= 4 is 22.8 Å². The smallest absolute Gasteiger partial charge is 0.226 e. The van der Waals surface area contributed by atoms with Crippen LogP contribution >= 0.6 is 0 Å². The molecule has 0 atom stereocenters. The molecule has 2 heterocycles. The number of nitrogens with one attached hydrogen (secondary N) is 1. The lowest BCUT2D eigenvalue weighted by Gasteiger charge is -2.26. The van der Waals surface area contributed by atoms with Crippen LogP contribution in [0.5, 0.6) is 0 Å². The number of pyridine rings is 1. The molecule has 0 aromatic carbocycles. The van der Waals surface area contributed by atoms with E-state index in [1.807, 2.05) is 13.0 Å². The van der Waals surface area contributed by atoms with Gasteiger partial charge in [-0.2, -0.15) is 0 Å². The zero-order valence-corrected chi connectivity index (χ0v) is 17.4. The molecular formula is C21H33N5O2. The second-order valence-corrected chi connectivity index (χ2v) is 7.88. The number of nitrogens with zero attached hydrogens (tertiary/aromatic N) is 3. The number of nitrogens with two attached hydrogens (primary N) is 1. The number of carbonyl (C=O) groups excluding carboxylic acids is 1. The van der Waals surface area contributed by atoms with Crippen molar-refractivity contribution in [1.82, 2.24) is 19.9 Å². The highest BCUT2D eigenvalue weighted by Crippen LogP contribution is 2.41. The summed E-state index contributed by atoms with van der Waals surface area (Å²) >= 11 is 0. The zero-order valence-electron chi connectivity index (χ0n) is 17.4. The molecule has 1 amide bonds. The maximum atomic E-state index is 12.3. The summed E-state index contributed by atoms with van der Waals surface area (Å²) in [5.41, 5.74) is 8.54. The lowest BCUT2D eigenvalue weighted by atomic mass is 9.82. The lowest BCUT2D eigenvalue weighted by Crippen LogP contribution is -2.38. The number of nitrogen functional groups attached to an aromatic ring is 1. The van der Waals surface area contributed by atoms with E-state index in [0.29, 0.717) is 19.0 Å². The molecule has 0 saturated heterocycles. The molecule has 0 bridgehead atoms. The predicted octanol–water partition coefficient (Wildman–Crippen LogP) is 2.99. The third kappa shape index (κ3) is 4.14. The van der Waals surface area contributed by atoms with Gasteiger partial charge in [0, 0.05) is 32.3 Å². The van der Waals surface area contributed by atoms with E-state index < -0.39 is 0 Å². The molecule has 2 aromatic rings. The molecule has 0 spiro atoms. The standard InChI is InChI=1S/C21H33N5O2/c1-4-7-17-25-18-16(14-15(2)24-19(18)22)26(17)11-13-28-12-10-21(20(27)23-3)8-5-6-9-21/h14H,4-13H2,1-3H3,(H2,22,24)(H,23,27). The van der Waals surface area contributed by atoms with Crippen molar-refractivity contribution in [1.29, 1.82) is 0 Å². The van der Waals surface area contributed by atoms with Crippen molar-refractivity contribution in [3.05, 3.63) is 17.6 Å². The van der Waals surface area contributed by atoms with Gasteiger partial charge in [0.1, 0.15) is 11.3 Å². The van der Waals surface area contributed by atoms with Crippen molar-refractivity contribution < 1.29 is 9.53 Å². The first-order valence-electron chi connectivity index (χ1n) is 10.4. The summed E-state index contributed by atoms with van der Waals surface area (Å²) in [7, 11) is 1.73. The average molecular weight is 388 g/mol. The van der Waals surface area contributed by atoms with Crippen LogP contribution in [-0.2, 0) is 22.5 Å². The van der Waals surface area contributed by atoms with E-state index in [1.165, 1.54) is 0 Å². The molecule has 1 aliphatic rings. The molecule has 0 unspecified atom stereocenters. The highest BCUT2D eigenvalue weighted by molar-refractivity contribution is 5.85. The number of fused-ring (bicyclic) bond motifs is 1. The van der Waals surface area contributed by atoms with Gasteiger partial charge in [0.15, 0.2) is 5.82 Å². The summed E-state index contributed by atoms with van der Waals surface area (Å²) in [6.07, 6.45) is 6.89. The van der Waals surface area contributed by atoms with Crippen molar-refractivity contribution in [3.63, 3.8) is 0 Å². The molecule has 2 aromatic heterocycles. The Kier molecular flexibility index (Phi) is 6.54. The van der Waals surface area contributed by atoms with Gasteiger partial charge in [-0.25, -0.2) is 9.97 Å². The van der Waals surface area contributed by atoms with Crippen LogP contribution in [0.3, 0.4) is 0 Å². The number of ether oxygens (including phenoxy) is 1. The third-order valence-corrected chi connectivity index (χ3v) is 5.90. The number of imidazole rings is 1. The van der Waals surface area contributed by atoms with E-state index in [2.05, 4.69) is 21.8 Å². The first-order chi connectivity index (χ1) is 13.5. The molecule has 1 aliphatic carbocycles. The minimum Gasteiger partial charge on any atom is -0.382 e. The summed E-state index contributed by atoms with van der Waals surface area (Å²) in [6.45, 7) is 6.01. The van der Waals surface area contributed by atoms with Gasteiger partial charge < -0.3 is 20.4 Å². The number of hydrogen-bond donors (Lipinski definition) is 2. The minimum absolute atomic E-state index is 0.165. The number of anilines is 1. The second kappa shape index (κ2) is 8.90. The first kappa shape index (κ1) is 20.6. The minimum atomic E-state index is -0.235. The fourth-order valence-electron chi connectivity index (χ4n) is 4.42. The van der Waals surface area contributed by atoms with Gasteiger partial charge in [0.25, 0.3) is 0 Å². The molecule has 154 valence electrons. The zero-order chi connectivity index (χ0) is 20.1. The molecule has 7 nitrogen and oxygen atoms in total. The summed E-state index contributed by atoms with van der Waals surface area (Å²) in [4.78, 5) is 21.4. The molecule has 3 rings (SSSR count). The van der Waals surface area contributed by atoms with Crippen LogP contribution in [0.25, 0.3) is 11.0 Å². The topological polar surface area (TPSA) is 95.1 Å². The number of aromatic nitrogens is 3. The van der Waals surface area contributed by atoms with Gasteiger partial charge >= 0.3 is 0 Å². The summed E-state index contributed by atoms with van der Waals surface area (Å²) in [5, 5.41) is 2.84. The third-order valence-electron chi connectivity index (χ3n) is 5.90. The number of aryl methyl sites for hydroxylation is 2. The number of rotatable bonds is 9. The Hall–Kier alpha value is -2.15. The van der Waals surface area contributed by atoms with Crippen molar-refractivity contribution in [2.24, 2.45) is 5.41 Å². The molecule has 0 radical (unpaired) electrons. The summed E-state index contributed by atoms with van der Waals surface area (Å²) in [5.74, 6) is 1.68. The number of carbonyl (C=O) groups is 1. The fraction of sp³-hybridized carbons (Fsp3) is 0.667. The Bertz CT molecular complexity index is 824. The molecule has 3 N–H and O–H groups in total. The molecule has 7 heteroatoms. The molecule has 28 heavy (non-hydrogen) atoms. The van der Waals surface area contributed by atoms with E-state index in [1.54, 1.807) is 7.05 Å². The Morgan fingerprint density at radius 1 is 1.32 bits per heavy atom. The maximum absolute atomic E-state index is 12.3. The van der Waals surface area contributed by atoms with Gasteiger partial charge in [-0.3, -0.25) is 4.79 Å². The number of amides is 1. The average Bonchev–Trinajstić information content (AvgIpc) is 3.28. The largest absolute Gasteiger partial charge is 0.382 e. The number of hydrogen-bond acceptors (Lipinski definition) is 5. The van der Waals surface area contributed by atoms with Gasteiger partial charge in [-0.15, -0.1) is 0 Å². The molecule has 1 fully saturated rings. The van der Waals surface area contributed by atoms with Crippen molar-refractivity contribution in [2.75, 3.05) is 26.0 Å². The SMILES string of the molecule is CCCc1nc2c(N)nc(C)cc2n1CCOCCC1(C(=O)NC)CCCC1. The van der Waals surface area contributed by atoms with E-state index in [9.17, 15) is 4.79 Å². The van der Waals surface area contributed by atoms with Crippen LogP contribution in [0.2, 0.25) is 0 Å². The van der Waals surface area contributed by atoms with E-state index >= 15 is 0 Å². The lowest BCUT2D eigenvalue weighted by molar-refractivity contribution is -0.131. The van der Waals surface area contributed by atoms with Crippen LogP contribution in [0.15, 0.2) is 6.07 Å². The van der Waals surface area contributed by atoms with E-state index in [4.69, 9.17) is 15.5 Å². The first-order valence-corrected chi connectivity index (χ1v) is 10.4. The van der Waals surface area contributed by atoms with Crippen molar-refractivity contribution in [2.45, 2.75) is 65.3 Å².